The molecule has 3 heterocycles. The fourth-order valence-electron chi connectivity index (χ4n) is 2.62. The smallest absolute Gasteiger partial charge is 0.258 e. The van der Waals surface area contributed by atoms with E-state index in [9.17, 15) is 4.79 Å². The average molecular weight is 318 g/mol. The minimum Gasteiger partial charge on any atom is -0.472 e. The third kappa shape index (κ3) is 2.44. The molecule has 0 radical (unpaired) electrons. The Bertz CT molecular complexity index is 1020. The summed E-state index contributed by atoms with van der Waals surface area (Å²) in [6, 6.07) is 11.1. The summed E-state index contributed by atoms with van der Waals surface area (Å²) in [5.41, 5.74) is 3.93. The highest BCUT2D eigenvalue weighted by molar-refractivity contribution is 6.04. The molecule has 3 aromatic heterocycles. The number of hydrogen-bond donors (Lipinski definition) is 1. The number of benzene rings is 1. The van der Waals surface area contributed by atoms with Crippen LogP contribution in [0.1, 0.15) is 16.1 Å². The number of anilines is 1. The number of imidazole rings is 1. The zero-order valence-corrected chi connectivity index (χ0v) is 12.9. The SMILES string of the molecule is Cc1c(-c2cccc(NC(=O)c3ccoc3)c2)nc2ncccn12. The molecule has 0 bridgehead atoms. The van der Waals surface area contributed by atoms with E-state index < -0.39 is 0 Å². The number of furan rings is 1. The lowest BCUT2D eigenvalue weighted by Gasteiger charge is -2.06. The molecule has 0 aliphatic heterocycles. The van der Waals surface area contributed by atoms with Gasteiger partial charge < -0.3 is 9.73 Å². The predicted octanol–water partition coefficient (Wildman–Crippen LogP) is 3.55. The van der Waals surface area contributed by atoms with E-state index in [-0.39, 0.29) is 5.91 Å². The Balaban J connectivity index is 1.69. The predicted molar refractivity (Wildman–Crippen MR) is 89.8 cm³/mol. The quantitative estimate of drug-likeness (QED) is 0.627. The molecule has 6 heteroatoms. The van der Waals surface area contributed by atoms with E-state index in [1.807, 2.05) is 47.9 Å². The molecule has 24 heavy (non-hydrogen) atoms. The highest BCUT2D eigenvalue weighted by Crippen LogP contribution is 2.25. The molecule has 0 saturated heterocycles. The Morgan fingerprint density at radius 1 is 1.25 bits per heavy atom. The van der Waals surface area contributed by atoms with Crippen LogP contribution in [0.15, 0.2) is 65.7 Å². The maximum Gasteiger partial charge on any atom is 0.258 e. The van der Waals surface area contributed by atoms with Crippen molar-refractivity contribution in [3.63, 3.8) is 0 Å². The normalized spacial score (nSPS) is 10.9. The fourth-order valence-corrected chi connectivity index (χ4v) is 2.62. The third-order valence-electron chi connectivity index (χ3n) is 3.82. The molecular formula is C18H14N4O2. The van der Waals surface area contributed by atoms with Crippen molar-refractivity contribution < 1.29 is 9.21 Å². The number of carbonyl (C=O) groups excluding carboxylic acids is 1. The van der Waals surface area contributed by atoms with Crippen molar-refractivity contribution in [3.8, 4) is 11.3 Å². The van der Waals surface area contributed by atoms with Gasteiger partial charge in [-0.25, -0.2) is 9.97 Å². The molecule has 0 fully saturated rings. The van der Waals surface area contributed by atoms with Gasteiger partial charge in [-0.1, -0.05) is 12.1 Å². The minimum atomic E-state index is -0.214. The summed E-state index contributed by atoms with van der Waals surface area (Å²) in [5, 5.41) is 2.86. The Morgan fingerprint density at radius 3 is 2.96 bits per heavy atom. The molecule has 118 valence electrons. The first-order valence-electron chi connectivity index (χ1n) is 7.46. The summed E-state index contributed by atoms with van der Waals surface area (Å²) in [6.07, 6.45) is 6.53. The van der Waals surface area contributed by atoms with Crippen molar-refractivity contribution in [2.45, 2.75) is 6.92 Å². The number of hydrogen-bond acceptors (Lipinski definition) is 4. The summed E-state index contributed by atoms with van der Waals surface area (Å²) in [7, 11) is 0. The lowest BCUT2D eigenvalue weighted by atomic mass is 10.1. The monoisotopic (exact) mass is 318 g/mol. The van der Waals surface area contributed by atoms with Gasteiger partial charge in [-0.15, -0.1) is 0 Å². The van der Waals surface area contributed by atoms with Gasteiger partial charge in [0.25, 0.3) is 5.91 Å². The molecule has 4 rings (SSSR count). The zero-order valence-electron chi connectivity index (χ0n) is 12.9. The lowest BCUT2D eigenvalue weighted by molar-refractivity contribution is 0.102. The lowest BCUT2D eigenvalue weighted by Crippen LogP contribution is -2.10. The van der Waals surface area contributed by atoms with Gasteiger partial charge in [0.1, 0.15) is 6.26 Å². The highest BCUT2D eigenvalue weighted by Gasteiger charge is 2.12. The van der Waals surface area contributed by atoms with Crippen molar-refractivity contribution in [1.82, 2.24) is 14.4 Å². The molecule has 0 unspecified atom stereocenters. The number of fused-ring (bicyclic) bond motifs is 1. The first kappa shape index (κ1) is 14.2. The van der Waals surface area contributed by atoms with E-state index in [0.717, 1.165) is 17.0 Å². The van der Waals surface area contributed by atoms with Crippen LogP contribution in [-0.2, 0) is 0 Å². The molecule has 0 saturated carbocycles. The van der Waals surface area contributed by atoms with Crippen LogP contribution in [0, 0.1) is 6.92 Å². The number of amides is 1. The second kappa shape index (κ2) is 5.66. The summed E-state index contributed by atoms with van der Waals surface area (Å²) >= 11 is 0. The van der Waals surface area contributed by atoms with E-state index in [1.54, 1.807) is 12.3 Å². The number of carbonyl (C=O) groups is 1. The maximum atomic E-state index is 12.1. The van der Waals surface area contributed by atoms with Crippen LogP contribution in [0.4, 0.5) is 5.69 Å². The van der Waals surface area contributed by atoms with Crippen molar-refractivity contribution >= 4 is 17.4 Å². The molecule has 0 aliphatic carbocycles. The molecule has 1 amide bonds. The van der Waals surface area contributed by atoms with E-state index >= 15 is 0 Å². The second-order valence-electron chi connectivity index (χ2n) is 5.38. The van der Waals surface area contributed by atoms with Crippen molar-refractivity contribution in [2.24, 2.45) is 0 Å². The number of rotatable bonds is 3. The molecule has 0 atom stereocenters. The van der Waals surface area contributed by atoms with E-state index in [2.05, 4.69) is 15.3 Å². The first-order valence-corrected chi connectivity index (χ1v) is 7.46. The molecule has 1 N–H and O–H groups in total. The zero-order chi connectivity index (χ0) is 16.5. The summed E-state index contributed by atoms with van der Waals surface area (Å²) < 4.78 is 6.87. The van der Waals surface area contributed by atoms with Gasteiger partial charge >= 0.3 is 0 Å². The van der Waals surface area contributed by atoms with Gasteiger partial charge in [0.15, 0.2) is 0 Å². The van der Waals surface area contributed by atoms with Crippen LogP contribution in [0.25, 0.3) is 17.0 Å². The van der Waals surface area contributed by atoms with Crippen LogP contribution in [-0.4, -0.2) is 20.3 Å². The standard InChI is InChI=1S/C18H14N4O2/c1-12-16(21-18-19-7-3-8-22(12)18)13-4-2-5-15(10-13)20-17(23)14-6-9-24-11-14/h2-11H,1H3,(H,20,23). The number of aryl methyl sites for hydroxylation is 1. The highest BCUT2D eigenvalue weighted by atomic mass is 16.3. The largest absolute Gasteiger partial charge is 0.472 e. The van der Waals surface area contributed by atoms with E-state index in [0.29, 0.717) is 17.0 Å². The third-order valence-corrected chi connectivity index (χ3v) is 3.82. The topological polar surface area (TPSA) is 72.4 Å². The molecule has 0 spiro atoms. The first-order chi connectivity index (χ1) is 11.7. The number of aromatic nitrogens is 3. The van der Waals surface area contributed by atoms with Gasteiger partial charge in [0.05, 0.1) is 17.5 Å². The summed E-state index contributed by atoms with van der Waals surface area (Å²) in [5.74, 6) is 0.437. The Labute approximate surface area is 137 Å². The summed E-state index contributed by atoms with van der Waals surface area (Å²) in [4.78, 5) is 21.0. The minimum absolute atomic E-state index is 0.214. The molecule has 4 aromatic rings. The van der Waals surface area contributed by atoms with Crippen LogP contribution in [0.5, 0.6) is 0 Å². The van der Waals surface area contributed by atoms with Crippen LogP contribution in [0.3, 0.4) is 0 Å². The van der Waals surface area contributed by atoms with Crippen molar-refractivity contribution in [3.05, 3.63) is 72.6 Å². The fraction of sp³-hybridized carbons (Fsp3) is 0.0556. The van der Waals surface area contributed by atoms with Gasteiger partial charge in [0, 0.05) is 29.3 Å². The van der Waals surface area contributed by atoms with Gasteiger partial charge in [-0.3, -0.25) is 9.20 Å². The van der Waals surface area contributed by atoms with Crippen molar-refractivity contribution in [2.75, 3.05) is 5.32 Å². The van der Waals surface area contributed by atoms with E-state index in [1.165, 1.54) is 12.5 Å². The Hall–Kier alpha value is -3.41. The Morgan fingerprint density at radius 2 is 2.17 bits per heavy atom. The van der Waals surface area contributed by atoms with Crippen molar-refractivity contribution in [1.29, 1.82) is 0 Å². The van der Waals surface area contributed by atoms with Crippen LogP contribution < -0.4 is 5.32 Å². The van der Waals surface area contributed by atoms with Gasteiger partial charge in [-0.05, 0) is 31.2 Å². The maximum absolute atomic E-state index is 12.1. The van der Waals surface area contributed by atoms with Crippen LogP contribution in [0.2, 0.25) is 0 Å². The van der Waals surface area contributed by atoms with Crippen LogP contribution >= 0.6 is 0 Å². The molecule has 6 nitrogen and oxygen atoms in total. The molecule has 1 aromatic carbocycles. The summed E-state index contributed by atoms with van der Waals surface area (Å²) in [6.45, 7) is 1.99. The number of nitrogens with zero attached hydrogens (tertiary/aromatic N) is 3. The molecular weight excluding hydrogens is 304 g/mol. The molecule has 0 aliphatic rings. The Kier molecular flexibility index (Phi) is 3.35. The van der Waals surface area contributed by atoms with Gasteiger partial charge in [-0.2, -0.15) is 0 Å². The van der Waals surface area contributed by atoms with Gasteiger partial charge in [0.2, 0.25) is 5.78 Å². The second-order valence-corrected chi connectivity index (χ2v) is 5.38. The number of nitrogens with one attached hydrogen (secondary N) is 1. The average Bonchev–Trinajstić information content (AvgIpc) is 3.24. The van der Waals surface area contributed by atoms with E-state index in [4.69, 9.17) is 4.42 Å².